The number of amidine groups is 1. The zero-order valence-electron chi connectivity index (χ0n) is 23.3. The Morgan fingerprint density at radius 3 is 2.57 bits per heavy atom. The van der Waals surface area contributed by atoms with Crippen LogP contribution in [0.2, 0.25) is 0 Å². The summed E-state index contributed by atoms with van der Waals surface area (Å²) in [6, 6.07) is 11.2. The maximum atomic E-state index is 13.2. The summed E-state index contributed by atoms with van der Waals surface area (Å²) in [7, 11) is -3.65. The van der Waals surface area contributed by atoms with Gasteiger partial charge in [-0.3, -0.25) is 24.3 Å². The van der Waals surface area contributed by atoms with Crippen molar-refractivity contribution in [2.24, 2.45) is 4.99 Å². The second-order valence-electron chi connectivity index (χ2n) is 10.2. The Balaban J connectivity index is 1.38. The smallest absolute Gasteiger partial charge is 0.303 e. The largest absolute Gasteiger partial charge is 0.456 e. The van der Waals surface area contributed by atoms with E-state index < -0.39 is 34.0 Å². The number of carbonyl (C=O) groups is 3. The molecule has 2 aliphatic heterocycles. The number of amides is 2. The van der Waals surface area contributed by atoms with Gasteiger partial charge in [-0.15, -0.1) is 0 Å². The standard InChI is InChI=1S/C28H33FN4O8S/c1-19-16-23(33(13-14-34)25(36)18-40-20(2)35)7-6-21(19)8-15-42(38,39)32-11-9-28(10-12-32)27(37)30-26(31-28)22-4-3-5-24(17-22)41-29/h3-7,16-17,34H,8-15,18H2,1-2H3,(H,30,31,37). The van der Waals surface area contributed by atoms with E-state index in [1.54, 1.807) is 37.3 Å². The minimum atomic E-state index is -3.65. The molecular weight excluding hydrogens is 571 g/mol. The van der Waals surface area contributed by atoms with Gasteiger partial charge in [0, 0.05) is 42.3 Å². The van der Waals surface area contributed by atoms with Crippen molar-refractivity contribution in [2.45, 2.75) is 38.6 Å². The summed E-state index contributed by atoms with van der Waals surface area (Å²) in [5, 5.41) is 12.1. The predicted molar refractivity (Wildman–Crippen MR) is 151 cm³/mol. The summed E-state index contributed by atoms with van der Waals surface area (Å²) in [5.41, 5.74) is 1.42. The molecular formula is C28H33FN4O8S. The van der Waals surface area contributed by atoms with E-state index in [1.807, 2.05) is 0 Å². The van der Waals surface area contributed by atoms with Crippen LogP contribution in [-0.4, -0.2) is 85.6 Å². The fourth-order valence-electron chi connectivity index (χ4n) is 5.05. The average molecular weight is 605 g/mol. The predicted octanol–water partition coefficient (Wildman–Crippen LogP) is 1.43. The highest BCUT2D eigenvalue weighted by molar-refractivity contribution is 7.89. The lowest BCUT2D eigenvalue weighted by Gasteiger charge is -2.34. The van der Waals surface area contributed by atoms with Gasteiger partial charge in [0.05, 0.1) is 12.4 Å². The number of nitrogens with one attached hydrogen (secondary N) is 1. The zero-order valence-corrected chi connectivity index (χ0v) is 24.2. The van der Waals surface area contributed by atoms with Crippen LogP contribution in [0.15, 0.2) is 47.5 Å². The molecule has 0 aliphatic carbocycles. The topological polar surface area (TPSA) is 155 Å². The summed E-state index contributed by atoms with van der Waals surface area (Å²) in [6.07, 6.45) is 0.639. The van der Waals surface area contributed by atoms with Gasteiger partial charge in [0.1, 0.15) is 11.4 Å². The van der Waals surface area contributed by atoms with Crippen molar-refractivity contribution >= 4 is 39.3 Å². The maximum Gasteiger partial charge on any atom is 0.303 e. The summed E-state index contributed by atoms with van der Waals surface area (Å²) in [6.45, 7) is 2.50. The molecule has 0 atom stereocenters. The molecule has 4 rings (SSSR count). The number of aliphatic hydroxyl groups excluding tert-OH is 1. The van der Waals surface area contributed by atoms with Crippen molar-refractivity contribution in [1.29, 1.82) is 0 Å². The number of esters is 1. The van der Waals surface area contributed by atoms with E-state index in [1.165, 1.54) is 28.3 Å². The lowest BCUT2D eigenvalue weighted by Crippen LogP contribution is -2.50. The molecule has 2 N–H and O–H groups in total. The third-order valence-electron chi connectivity index (χ3n) is 7.41. The summed E-state index contributed by atoms with van der Waals surface area (Å²) in [4.78, 5) is 46.1. The van der Waals surface area contributed by atoms with Crippen LogP contribution in [0.1, 0.15) is 36.5 Å². The average Bonchev–Trinajstić information content (AvgIpc) is 3.29. The molecule has 0 aromatic heterocycles. The first-order valence-corrected chi connectivity index (χ1v) is 15.0. The lowest BCUT2D eigenvalue weighted by molar-refractivity contribution is -0.145. The van der Waals surface area contributed by atoms with Crippen molar-refractivity contribution in [2.75, 3.05) is 43.5 Å². The van der Waals surface area contributed by atoms with Gasteiger partial charge in [0.2, 0.25) is 10.0 Å². The van der Waals surface area contributed by atoms with Gasteiger partial charge >= 0.3 is 5.97 Å². The Bertz CT molecular complexity index is 1490. The zero-order chi connectivity index (χ0) is 30.5. The summed E-state index contributed by atoms with van der Waals surface area (Å²) in [5.74, 6) is -1.29. The van der Waals surface area contributed by atoms with Gasteiger partial charge in [-0.2, -0.15) is 0 Å². The number of hydrogen-bond acceptors (Lipinski definition) is 9. The molecule has 1 saturated heterocycles. The van der Waals surface area contributed by atoms with Crippen LogP contribution < -0.4 is 15.2 Å². The van der Waals surface area contributed by atoms with Gasteiger partial charge in [0.15, 0.2) is 12.4 Å². The van der Waals surface area contributed by atoms with E-state index in [0.717, 1.165) is 11.1 Å². The number of benzene rings is 2. The maximum absolute atomic E-state index is 13.2. The number of piperidine rings is 1. The minimum Gasteiger partial charge on any atom is -0.456 e. The van der Waals surface area contributed by atoms with E-state index in [2.05, 4.69) is 15.3 Å². The van der Waals surface area contributed by atoms with Gasteiger partial charge in [-0.1, -0.05) is 18.2 Å². The van der Waals surface area contributed by atoms with Gasteiger partial charge in [-0.05, 0) is 61.6 Å². The van der Waals surface area contributed by atoms with Crippen LogP contribution in [0.25, 0.3) is 0 Å². The van der Waals surface area contributed by atoms with Crippen LogP contribution in [0.5, 0.6) is 5.75 Å². The number of sulfonamides is 1. The number of aliphatic hydroxyl groups is 1. The lowest BCUT2D eigenvalue weighted by atomic mass is 9.89. The van der Waals surface area contributed by atoms with Crippen LogP contribution in [0, 0.1) is 6.92 Å². The van der Waals surface area contributed by atoms with Crippen molar-refractivity contribution in [3.63, 3.8) is 0 Å². The van der Waals surface area contributed by atoms with Crippen molar-refractivity contribution in [3.05, 3.63) is 59.2 Å². The number of nitrogens with zero attached hydrogens (tertiary/aromatic N) is 3. The quantitative estimate of drug-likeness (QED) is 0.365. The fourth-order valence-corrected chi connectivity index (χ4v) is 6.53. The highest BCUT2D eigenvalue weighted by atomic mass is 32.2. The molecule has 1 fully saturated rings. The van der Waals surface area contributed by atoms with E-state index in [4.69, 9.17) is 4.74 Å². The fraction of sp³-hybridized carbons (Fsp3) is 0.429. The second kappa shape index (κ2) is 13.0. The van der Waals surface area contributed by atoms with E-state index in [0.29, 0.717) is 17.1 Å². The van der Waals surface area contributed by atoms with Gasteiger partial charge in [0.25, 0.3) is 11.8 Å². The number of halogens is 1. The number of aryl methyl sites for hydroxylation is 2. The Kier molecular flexibility index (Phi) is 9.59. The minimum absolute atomic E-state index is 0.00565. The molecule has 12 nitrogen and oxygen atoms in total. The Labute approximate surface area is 243 Å². The molecule has 42 heavy (non-hydrogen) atoms. The molecule has 2 amide bonds. The second-order valence-corrected chi connectivity index (χ2v) is 12.3. The molecule has 226 valence electrons. The van der Waals surface area contributed by atoms with Crippen LogP contribution in [0.4, 0.5) is 10.2 Å². The van der Waals surface area contributed by atoms with E-state index >= 15 is 0 Å². The summed E-state index contributed by atoms with van der Waals surface area (Å²) >= 11 is 0. The molecule has 2 aliphatic rings. The van der Waals surface area contributed by atoms with E-state index in [-0.39, 0.29) is 62.9 Å². The van der Waals surface area contributed by atoms with Crippen molar-refractivity contribution < 1.29 is 42.1 Å². The molecule has 0 saturated carbocycles. The Hall–Kier alpha value is -3.88. The number of hydrogen-bond donors (Lipinski definition) is 2. The number of carbonyl (C=O) groups excluding carboxylic acids is 3. The highest BCUT2D eigenvalue weighted by Gasteiger charge is 2.47. The van der Waals surface area contributed by atoms with Gasteiger partial charge < -0.3 is 20.1 Å². The molecule has 14 heteroatoms. The van der Waals surface area contributed by atoms with Crippen molar-refractivity contribution in [3.8, 4) is 5.75 Å². The molecule has 0 radical (unpaired) electrons. The van der Waals surface area contributed by atoms with Gasteiger partial charge in [-0.25, -0.2) is 12.7 Å². The molecule has 0 unspecified atom stereocenters. The first-order valence-electron chi connectivity index (χ1n) is 13.4. The molecule has 2 aromatic carbocycles. The molecule has 2 aromatic rings. The SMILES string of the molecule is CC(=O)OCC(=O)N(CCO)c1ccc(CCS(=O)(=O)N2CCC3(CC2)N=C(c2cccc(OF)c2)NC3=O)c(C)c1. The third kappa shape index (κ3) is 6.94. The van der Waals surface area contributed by atoms with Crippen LogP contribution in [0.3, 0.4) is 0 Å². The first kappa shape index (κ1) is 31.1. The Morgan fingerprint density at radius 1 is 1.19 bits per heavy atom. The first-order chi connectivity index (χ1) is 20.0. The summed E-state index contributed by atoms with van der Waals surface area (Å²) < 4.78 is 45.2. The van der Waals surface area contributed by atoms with E-state index in [9.17, 15) is 32.4 Å². The number of rotatable bonds is 11. The molecule has 0 bridgehead atoms. The number of anilines is 1. The van der Waals surface area contributed by atoms with Crippen LogP contribution >= 0.6 is 0 Å². The molecule has 2 heterocycles. The van der Waals surface area contributed by atoms with Crippen molar-refractivity contribution in [1.82, 2.24) is 9.62 Å². The number of aliphatic imine (C=N–C) groups is 1. The Morgan fingerprint density at radius 2 is 1.93 bits per heavy atom. The molecule has 1 spiro atoms. The van der Waals surface area contributed by atoms with Crippen LogP contribution in [-0.2, 0) is 35.6 Å². The number of ether oxygens (including phenoxy) is 1. The third-order valence-corrected chi connectivity index (χ3v) is 9.28. The monoisotopic (exact) mass is 604 g/mol. The normalized spacial score (nSPS) is 16.6. The highest BCUT2D eigenvalue weighted by Crippen LogP contribution is 2.33.